The Kier molecular flexibility index (Phi) is 7.61. The molecule has 0 aliphatic rings. The maximum absolute atomic E-state index is 12.2. The predicted octanol–water partition coefficient (Wildman–Crippen LogP) is 5.00. The zero-order valence-corrected chi connectivity index (χ0v) is 17.0. The van der Waals surface area contributed by atoms with Gasteiger partial charge in [-0.1, -0.05) is 66.2 Å². The van der Waals surface area contributed by atoms with Crippen LogP contribution in [-0.4, -0.2) is 25.1 Å². The van der Waals surface area contributed by atoms with Crippen molar-refractivity contribution in [2.24, 2.45) is 0 Å². The summed E-state index contributed by atoms with van der Waals surface area (Å²) in [4.78, 5) is 24.1. The molecular weight excluding hydrogens is 378 g/mol. The van der Waals surface area contributed by atoms with Crippen LogP contribution in [0.15, 0.2) is 78.9 Å². The van der Waals surface area contributed by atoms with Gasteiger partial charge in [0.25, 0.3) is 5.91 Å². The Hall–Kier alpha value is -3.60. The van der Waals surface area contributed by atoms with Gasteiger partial charge in [-0.05, 0) is 37.1 Å². The highest BCUT2D eigenvalue weighted by Crippen LogP contribution is 2.27. The van der Waals surface area contributed by atoms with Gasteiger partial charge in [0.05, 0.1) is 6.61 Å². The second-order valence-electron chi connectivity index (χ2n) is 6.89. The summed E-state index contributed by atoms with van der Waals surface area (Å²) in [5.41, 5.74) is 3.75. The van der Waals surface area contributed by atoms with Crippen LogP contribution >= 0.6 is 0 Å². The molecule has 0 aliphatic carbocycles. The molecule has 5 heteroatoms. The van der Waals surface area contributed by atoms with E-state index in [0.717, 1.165) is 22.4 Å². The number of aryl methyl sites for hydroxylation is 1. The number of para-hydroxylation sites is 1. The van der Waals surface area contributed by atoms with E-state index in [-0.39, 0.29) is 18.9 Å². The fourth-order valence-electron chi connectivity index (χ4n) is 2.91. The minimum Gasteiger partial charge on any atom is -0.494 e. The Morgan fingerprint density at radius 1 is 0.867 bits per heavy atom. The third kappa shape index (κ3) is 6.48. The maximum Gasteiger partial charge on any atom is 0.306 e. The molecule has 154 valence electrons. The fourth-order valence-corrected chi connectivity index (χ4v) is 2.91. The Morgan fingerprint density at radius 3 is 2.33 bits per heavy atom. The van der Waals surface area contributed by atoms with Gasteiger partial charge in [-0.25, -0.2) is 0 Å². The number of anilines is 1. The lowest BCUT2D eigenvalue weighted by Crippen LogP contribution is -2.21. The highest BCUT2D eigenvalue weighted by Gasteiger charge is 2.11. The molecule has 0 saturated carbocycles. The molecule has 30 heavy (non-hydrogen) atoms. The Labute approximate surface area is 176 Å². The molecule has 0 bridgehead atoms. The van der Waals surface area contributed by atoms with Gasteiger partial charge in [0.1, 0.15) is 5.75 Å². The molecule has 1 N–H and O–H groups in total. The number of benzene rings is 3. The van der Waals surface area contributed by atoms with E-state index >= 15 is 0 Å². The molecular formula is C25H25NO4. The third-order valence-electron chi connectivity index (χ3n) is 4.47. The number of hydrogen-bond acceptors (Lipinski definition) is 4. The van der Waals surface area contributed by atoms with Crippen LogP contribution in [0.3, 0.4) is 0 Å². The number of esters is 1. The van der Waals surface area contributed by atoms with Crippen LogP contribution in [0, 0.1) is 6.92 Å². The molecule has 3 aromatic carbocycles. The summed E-state index contributed by atoms with van der Waals surface area (Å²) in [6.07, 6.45) is 0.713. The predicted molar refractivity (Wildman–Crippen MR) is 117 cm³/mol. The van der Waals surface area contributed by atoms with E-state index in [0.29, 0.717) is 18.7 Å². The molecule has 1 amide bonds. The van der Waals surface area contributed by atoms with Crippen LogP contribution in [0.25, 0.3) is 11.1 Å². The van der Waals surface area contributed by atoms with Crippen LogP contribution in [0.4, 0.5) is 5.69 Å². The first-order valence-corrected chi connectivity index (χ1v) is 9.91. The lowest BCUT2D eigenvalue weighted by molar-refractivity contribution is -0.147. The molecule has 5 nitrogen and oxygen atoms in total. The number of carbonyl (C=O) groups excluding carboxylic acids is 2. The summed E-state index contributed by atoms with van der Waals surface area (Å²) >= 11 is 0. The SMILES string of the molecule is Cc1ccc(OCCCC(=O)OCC(=O)Nc2ccccc2-c2ccccc2)cc1. The van der Waals surface area contributed by atoms with Crippen molar-refractivity contribution in [3.05, 3.63) is 84.4 Å². The van der Waals surface area contributed by atoms with E-state index in [1.165, 1.54) is 0 Å². The molecule has 0 fully saturated rings. The summed E-state index contributed by atoms with van der Waals surface area (Å²) < 4.78 is 10.7. The number of amides is 1. The van der Waals surface area contributed by atoms with E-state index in [2.05, 4.69) is 5.32 Å². The summed E-state index contributed by atoms with van der Waals surface area (Å²) in [7, 11) is 0. The fraction of sp³-hybridized carbons (Fsp3) is 0.200. The van der Waals surface area contributed by atoms with E-state index in [9.17, 15) is 9.59 Å². The number of rotatable bonds is 9. The van der Waals surface area contributed by atoms with Gasteiger partial charge in [0, 0.05) is 17.7 Å². The van der Waals surface area contributed by atoms with Crippen molar-refractivity contribution in [1.29, 1.82) is 0 Å². The highest BCUT2D eigenvalue weighted by molar-refractivity contribution is 5.96. The van der Waals surface area contributed by atoms with Crippen molar-refractivity contribution >= 4 is 17.6 Å². The largest absolute Gasteiger partial charge is 0.494 e. The maximum atomic E-state index is 12.2. The van der Waals surface area contributed by atoms with Crippen LogP contribution in [-0.2, 0) is 14.3 Å². The summed E-state index contributed by atoms with van der Waals surface area (Å²) in [5, 5.41) is 2.82. The van der Waals surface area contributed by atoms with E-state index < -0.39 is 5.97 Å². The zero-order chi connectivity index (χ0) is 21.2. The van der Waals surface area contributed by atoms with Crippen molar-refractivity contribution < 1.29 is 19.1 Å². The average molecular weight is 403 g/mol. The van der Waals surface area contributed by atoms with Crippen LogP contribution in [0.1, 0.15) is 18.4 Å². The molecule has 0 aromatic heterocycles. The van der Waals surface area contributed by atoms with Gasteiger partial charge in [-0.15, -0.1) is 0 Å². The van der Waals surface area contributed by atoms with Gasteiger partial charge in [0.2, 0.25) is 0 Å². The van der Waals surface area contributed by atoms with Gasteiger partial charge in [-0.2, -0.15) is 0 Å². The van der Waals surface area contributed by atoms with Crippen molar-refractivity contribution in [2.45, 2.75) is 19.8 Å². The monoisotopic (exact) mass is 403 g/mol. The molecule has 0 spiro atoms. The number of carbonyl (C=O) groups is 2. The minimum absolute atomic E-state index is 0.194. The third-order valence-corrected chi connectivity index (χ3v) is 4.47. The Morgan fingerprint density at radius 2 is 1.57 bits per heavy atom. The topological polar surface area (TPSA) is 64.6 Å². The van der Waals surface area contributed by atoms with Gasteiger partial charge in [0.15, 0.2) is 6.61 Å². The molecule has 0 aliphatic heterocycles. The van der Waals surface area contributed by atoms with Gasteiger partial charge >= 0.3 is 5.97 Å². The van der Waals surface area contributed by atoms with Crippen molar-refractivity contribution in [3.8, 4) is 16.9 Å². The summed E-state index contributed by atoms with van der Waals surface area (Å²) in [6, 6.07) is 25.0. The Bertz CT molecular complexity index is 968. The number of nitrogens with one attached hydrogen (secondary N) is 1. The molecule has 0 unspecified atom stereocenters. The van der Waals surface area contributed by atoms with Crippen LogP contribution in [0.2, 0.25) is 0 Å². The molecule has 0 radical (unpaired) electrons. The standard InChI is InChI=1S/C25H25NO4/c1-19-13-15-21(16-14-19)29-17-7-12-25(28)30-18-24(27)26-23-11-6-5-10-22(23)20-8-3-2-4-9-20/h2-6,8-11,13-16H,7,12,17-18H2,1H3,(H,26,27). The molecule has 0 heterocycles. The van der Waals surface area contributed by atoms with Crippen molar-refractivity contribution in [3.63, 3.8) is 0 Å². The van der Waals surface area contributed by atoms with Gasteiger partial charge in [-0.3, -0.25) is 9.59 Å². The highest BCUT2D eigenvalue weighted by atomic mass is 16.5. The first kappa shape index (κ1) is 21.1. The normalized spacial score (nSPS) is 10.3. The van der Waals surface area contributed by atoms with E-state index in [4.69, 9.17) is 9.47 Å². The first-order chi connectivity index (χ1) is 14.6. The lowest BCUT2D eigenvalue weighted by Gasteiger charge is -2.11. The zero-order valence-electron chi connectivity index (χ0n) is 17.0. The molecule has 3 rings (SSSR count). The van der Waals surface area contributed by atoms with Crippen molar-refractivity contribution in [2.75, 3.05) is 18.5 Å². The second-order valence-corrected chi connectivity index (χ2v) is 6.89. The molecule has 3 aromatic rings. The summed E-state index contributed by atoms with van der Waals surface area (Å²) in [6.45, 7) is 2.10. The Balaban J connectivity index is 1.40. The van der Waals surface area contributed by atoms with Crippen molar-refractivity contribution in [1.82, 2.24) is 0 Å². The first-order valence-electron chi connectivity index (χ1n) is 9.91. The quantitative estimate of drug-likeness (QED) is 0.403. The number of ether oxygens (including phenoxy) is 2. The average Bonchev–Trinajstić information content (AvgIpc) is 2.77. The molecule has 0 saturated heterocycles. The minimum atomic E-state index is -0.422. The van der Waals surface area contributed by atoms with E-state index in [1.54, 1.807) is 0 Å². The number of hydrogen-bond donors (Lipinski definition) is 1. The smallest absolute Gasteiger partial charge is 0.306 e. The van der Waals surface area contributed by atoms with Crippen LogP contribution in [0.5, 0.6) is 5.75 Å². The lowest BCUT2D eigenvalue weighted by atomic mass is 10.0. The molecule has 0 atom stereocenters. The van der Waals surface area contributed by atoms with Crippen LogP contribution < -0.4 is 10.1 Å². The van der Waals surface area contributed by atoms with E-state index in [1.807, 2.05) is 85.8 Å². The second kappa shape index (κ2) is 10.8. The van der Waals surface area contributed by atoms with Gasteiger partial charge < -0.3 is 14.8 Å². The summed E-state index contributed by atoms with van der Waals surface area (Å²) in [5.74, 6) is -0.0259.